The van der Waals surface area contributed by atoms with Gasteiger partial charge in [0.15, 0.2) is 11.2 Å². The molecule has 154 valence electrons. The maximum atomic E-state index is 12.6. The molecule has 0 amide bonds. The number of hydrogen-bond acceptors (Lipinski definition) is 6. The third-order valence-electron chi connectivity index (χ3n) is 5.72. The quantitative estimate of drug-likeness (QED) is 0.656. The van der Waals surface area contributed by atoms with Gasteiger partial charge in [-0.1, -0.05) is 30.3 Å². The SMILES string of the molecule is Cn1c(=O)c2c(nc(N3CCN(CC(O)c4ccccc4)CC3)n2C)n(C)c1=O. The summed E-state index contributed by atoms with van der Waals surface area (Å²) in [4.78, 5) is 33.7. The van der Waals surface area contributed by atoms with Gasteiger partial charge in [-0.2, -0.15) is 4.98 Å². The normalized spacial score (nSPS) is 16.5. The Bertz CT molecular complexity index is 1140. The largest absolute Gasteiger partial charge is 0.387 e. The number of piperazine rings is 1. The number of aromatic nitrogens is 4. The van der Waals surface area contributed by atoms with E-state index in [0.717, 1.165) is 36.3 Å². The van der Waals surface area contributed by atoms with Crippen molar-refractivity contribution in [3.05, 3.63) is 56.7 Å². The highest BCUT2D eigenvalue weighted by Crippen LogP contribution is 2.20. The lowest BCUT2D eigenvalue weighted by Crippen LogP contribution is -2.48. The minimum absolute atomic E-state index is 0.339. The highest BCUT2D eigenvalue weighted by Gasteiger charge is 2.25. The van der Waals surface area contributed by atoms with Crippen molar-refractivity contribution < 1.29 is 5.11 Å². The van der Waals surface area contributed by atoms with Gasteiger partial charge in [0, 0.05) is 53.9 Å². The number of hydrogen-bond donors (Lipinski definition) is 1. The molecule has 9 heteroatoms. The van der Waals surface area contributed by atoms with Crippen molar-refractivity contribution >= 4 is 17.1 Å². The van der Waals surface area contributed by atoms with Gasteiger partial charge in [0.05, 0.1) is 6.10 Å². The monoisotopic (exact) mass is 398 g/mol. The van der Waals surface area contributed by atoms with Crippen molar-refractivity contribution in [3.63, 3.8) is 0 Å². The molecule has 1 saturated heterocycles. The number of aryl methyl sites for hydroxylation is 2. The standard InChI is InChI=1S/C20H26N6O3/c1-22-16-17(23(2)20(29)24(3)18(16)28)21-19(22)26-11-9-25(10-12-26)13-15(27)14-7-5-4-6-8-14/h4-8,15,27H,9-13H2,1-3H3. The van der Waals surface area contributed by atoms with E-state index in [1.807, 2.05) is 37.4 Å². The molecule has 9 nitrogen and oxygen atoms in total. The fourth-order valence-corrected chi connectivity index (χ4v) is 3.95. The zero-order valence-corrected chi connectivity index (χ0v) is 16.9. The summed E-state index contributed by atoms with van der Waals surface area (Å²) in [6.07, 6.45) is -0.518. The average Bonchev–Trinajstić information content (AvgIpc) is 3.09. The van der Waals surface area contributed by atoms with Crippen LogP contribution in [0, 0.1) is 0 Å². The Hall–Kier alpha value is -2.91. The van der Waals surface area contributed by atoms with E-state index >= 15 is 0 Å². The van der Waals surface area contributed by atoms with Crippen LogP contribution in [-0.2, 0) is 21.1 Å². The topological polar surface area (TPSA) is 88.5 Å². The van der Waals surface area contributed by atoms with Crippen molar-refractivity contribution in [2.45, 2.75) is 6.10 Å². The fourth-order valence-electron chi connectivity index (χ4n) is 3.95. The highest BCUT2D eigenvalue weighted by molar-refractivity contribution is 5.74. The Morgan fingerprint density at radius 1 is 0.966 bits per heavy atom. The Balaban J connectivity index is 1.52. The molecule has 1 N–H and O–H groups in total. The van der Waals surface area contributed by atoms with E-state index < -0.39 is 6.10 Å². The van der Waals surface area contributed by atoms with E-state index in [4.69, 9.17) is 0 Å². The molecule has 1 aliphatic rings. The van der Waals surface area contributed by atoms with Crippen molar-refractivity contribution in [2.24, 2.45) is 21.1 Å². The van der Waals surface area contributed by atoms with Crippen LogP contribution in [0.5, 0.6) is 0 Å². The maximum absolute atomic E-state index is 12.6. The number of imidazole rings is 1. The van der Waals surface area contributed by atoms with Gasteiger partial charge < -0.3 is 14.6 Å². The van der Waals surface area contributed by atoms with Crippen LogP contribution < -0.4 is 16.1 Å². The first-order valence-electron chi connectivity index (χ1n) is 9.71. The van der Waals surface area contributed by atoms with E-state index in [1.54, 1.807) is 11.6 Å². The Labute approximate surface area is 168 Å². The second-order valence-electron chi connectivity index (χ2n) is 7.56. The van der Waals surface area contributed by atoms with Crippen LogP contribution in [0.4, 0.5) is 5.95 Å². The lowest BCUT2D eigenvalue weighted by Gasteiger charge is -2.36. The van der Waals surface area contributed by atoms with Crippen molar-refractivity contribution in [1.82, 2.24) is 23.6 Å². The third-order valence-corrected chi connectivity index (χ3v) is 5.72. The Kier molecular flexibility index (Phi) is 5.01. The van der Waals surface area contributed by atoms with Gasteiger partial charge in [-0.15, -0.1) is 0 Å². The maximum Gasteiger partial charge on any atom is 0.332 e. The van der Waals surface area contributed by atoms with Crippen LogP contribution in [0.25, 0.3) is 11.2 Å². The molecule has 1 aromatic carbocycles. The molecule has 0 spiro atoms. The highest BCUT2D eigenvalue weighted by atomic mass is 16.3. The Morgan fingerprint density at radius 2 is 1.62 bits per heavy atom. The van der Waals surface area contributed by atoms with E-state index in [9.17, 15) is 14.7 Å². The summed E-state index contributed by atoms with van der Waals surface area (Å²) in [5.41, 5.74) is 1.02. The number of nitrogens with zero attached hydrogens (tertiary/aromatic N) is 6. The summed E-state index contributed by atoms with van der Waals surface area (Å²) in [5.74, 6) is 0.682. The van der Waals surface area contributed by atoms with Gasteiger partial charge in [0.25, 0.3) is 5.56 Å². The van der Waals surface area contributed by atoms with Gasteiger partial charge in [-0.05, 0) is 5.56 Å². The molecule has 1 atom stereocenters. The summed E-state index contributed by atoms with van der Waals surface area (Å²) in [6.45, 7) is 3.60. The minimum atomic E-state index is -0.518. The molecule has 4 rings (SSSR count). The molecule has 2 aromatic heterocycles. The molecule has 0 bridgehead atoms. The summed E-state index contributed by atoms with van der Waals surface area (Å²) in [5, 5.41) is 10.5. The first kappa shape index (κ1) is 19.4. The number of rotatable bonds is 4. The van der Waals surface area contributed by atoms with Crippen molar-refractivity contribution in [1.29, 1.82) is 0 Å². The van der Waals surface area contributed by atoms with Crippen LogP contribution in [0.15, 0.2) is 39.9 Å². The van der Waals surface area contributed by atoms with Crippen LogP contribution in [0.1, 0.15) is 11.7 Å². The second kappa shape index (κ2) is 7.49. The Morgan fingerprint density at radius 3 is 2.28 bits per heavy atom. The minimum Gasteiger partial charge on any atom is -0.387 e. The first-order valence-corrected chi connectivity index (χ1v) is 9.71. The van der Waals surface area contributed by atoms with E-state index in [1.165, 1.54) is 11.6 Å². The van der Waals surface area contributed by atoms with E-state index in [-0.39, 0.29) is 11.2 Å². The fraction of sp³-hybridized carbons (Fsp3) is 0.450. The second-order valence-corrected chi connectivity index (χ2v) is 7.56. The van der Waals surface area contributed by atoms with E-state index in [2.05, 4.69) is 14.8 Å². The van der Waals surface area contributed by atoms with Gasteiger partial charge >= 0.3 is 5.69 Å². The number of aliphatic hydroxyl groups is 1. The van der Waals surface area contributed by atoms with Crippen LogP contribution in [0.2, 0.25) is 0 Å². The molecule has 3 heterocycles. The number of benzene rings is 1. The van der Waals surface area contributed by atoms with Gasteiger partial charge in [0.2, 0.25) is 5.95 Å². The van der Waals surface area contributed by atoms with Crippen LogP contribution in [-0.4, -0.2) is 61.4 Å². The molecule has 0 saturated carbocycles. The molecular weight excluding hydrogens is 372 g/mol. The first-order chi connectivity index (χ1) is 13.9. The van der Waals surface area contributed by atoms with Gasteiger partial charge in [-0.25, -0.2) is 4.79 Å². The lowest BCUT2D eigenvalue weighted by atomic mass is 10.1. The summed E-state index contributed by atoms with van der Waals surface area (Å²) >= 11 is 0. The molecule has 1 unspecified atom stereocenters. The molecular formula is C20H26N6O3. The molecule has 1 fully saturated rings. The summed E-state index contributed by atoms with van der Waals surface area (Å²) in [7, 11) is 4.92. The number of aliphatic hydroxyl groups excluding tert-OH is 1. The van der Waals surface area contributed by atoms with Gasteiger partial charge in [-0.3, -0.25) is 18.8 Å². The van der Waals surface area contributed by atoms with Crippen LogP contribution >= 0.6 is 0 Å². The molecule has 1 aliphatic heterocycles. The zero-order chi connectivity index (χ0) is 20.7. The van der Waals surface area contributed by atoms with Crippen molar-refractivity contribution in [3.8, 4) is 0 Å². The summed E-state index contributed by atoms with van der Waals surface area (Å²) < 4.78 is 4.29. The summed E-state index contributed by atoms with van der Waals surface area (Å²) in [6, 6.07) is 9.67. The number of anilines is 1. The number of β-amino-alcohol motifs (C(OH)–C–C–N with tert-alkyl or cyclic N) is 1. The lowest BCUT2D eigenvalue weighted by molar-refractivity contribution is 0.109. The van der Waals surface area contributed by atoms with Gasteiger partial charge in [0.1, 0.15) is 0 Å². The van der Waals surface area contributed by atoms with E-state index in [0.29, 0.717) is 23.7 Å². The third kappa shape index (κ3) is 3.36. The van der Waals surface area contributed by atoms with Crippen molar-refractivity contribution in [2.75, 3.05) is 37.6 Å². The molecule has 0 radical (unpaired) electrons. The smallest absolute Gasteiger partial charge is 0.332 e. The number of fused-ring (bicyclic) bond motifs is 1. The van der Waals surface area contributed by atoms with Crippen LogP contribution in [0.3, 0.4) is 0 Å². The molecule has 3 aromatic rings. The zero-order valence-electron chi connectivity index (χ0n) is 16.9. The molecule has 29 heavy (non-hydrogen) atoms. The predicted molar refractivity (Wildman–Crippen MR) is 111 cm³/mol. The predicted octanol–water partition coefficient (Wildman–Crippen LogP) is -0.174. The molecule has 0 aliphatic carbocycles. The average molecular weight is 398 g/mol.